The van der Waals surface area contributed by atoms with Gasteiger partial charge in [-0.15, -0.1) is 0 Å². The number of H-pyrrole nitrogens is 1. The van der Waals surface area contributed by atoms with Crippen LogP contribution in [0.4, 0.5) is 0 Å². The van der Waals surface area contributed by atoms with E-state index in [9.17, 15) is 4.79 Å². The van der Waals surface area contributed by atoms with E-state index in [2.05, 4.69) is 52.4 Å². The molecule has 0 radical (unpaired) electrons. The average Bonchev–Trinajstić information content (AvgIpc) is 2.78. The molecule has 1 amide bonds. The van der Waals surface area contributed by atoms with Crippen molar-refractivity contribution >= 4 is 37.8 Å². The summed E-state index contributed by atoms with van der Waals surface area (Å²) in [5.41, 5.74) is 0.577. The lowest BCUT2D eigenvalue weighted by Gasteiger charge is -2.05. The lowest BCUT2D eigenvalue weighted by molar-refractivity contribution is 0.0949. The van der Waals surface area contributed by atoms with E-state index in [-0.39, 0.29) is 5.91 Å². The molecule has 0 bridgehead atoms. The molecule has 0 aliphatic carbocycles. The van der Waals surface area contributed by atoms with E-state index in [1.165, 1.54) is 6.33 Å². The van der Waals surface area contributed by atoms with Crippen LogP contribution in [-0.2, 0) is 6.54 Å². The van der Waals surface area contributed by atoms with E-state index in [0.717, 1.165) is 8.95 Å². The molecule has 1 heterocycles. The third-order valence-corrected chi connectivity index (χ3v) is 3.21. The molecule has 0 saturated heterocycles. The van der Waals surface area contributed by atoms with Crippen molar-refractivity contribution < 1.29 is 4.79 Å². The summed E-state index contributed by atoms with van der Waals surface area (Å²) in [7, 11) is 0. The van der Waals surface area contributed by atoms with Gasteiger partial charge in [-0.05, 0) is 34.1 Å². The van der Waals surface area contributed by atoms with Gasteiger partial charge in [0.25, 0.3) is 5.91 Å². The zero-order valence-corrected chi connectivity index (χ0v) is 11.7. The quantitative estimate of drug-likeness (QED) is 0.882. The molecule has 1 aromatic carbocycles. The molecule has 0 atom stereocenters. The van der Waals surface area contributed by atoms with Crippen LogP contribution in [0.2, 0.25) is 0 Å². The number of carbonyl (C=O) groups excluding carboxylic acids is 1. The van der Waals surface area contributed by atoms with Gasteiger partial charge in [-0.2, -0.15) is 5.10 Å². The zero-order valence-electron chi connectivity index (χ0n) is 8.58. The number of benzene rings is 1. The van der Waals surface area contributed by atoms with Crippen LogP contribution in [0.1, 0.15) is 16.2 Å². The predicted molar refractivity (Wildman–Crippen MR) is 69.4 cm³/mol. The molecule has 0 unspecified atom stereocenters. The van der Waals surface area contributed by atoms with Crippen LogP contribution in [0.25, 0.3) is 0 Å². The number of hydrogen-bond donors (Lipinski definition) is 2. The zero-order chi connectivity index (χ0) is 12.3. The molecule has 0 saturated carbocycles. The average molecular weight is 360 g/mol. The number of aromatic nitrogens is 3. The number of nitrogens with one attached hydrogen (secondary N) is 2. The minimum atomic E-state index is -0.166. The van der Waals surface area contributed by atoms with Gasteiger partial charge in [0.2, 0.25) is 0 Å². The lowest BCUT2D eigenvalue weighted by atomic mass is 10.2. The van der Waals surface area contributed by atoms with Crippen molar-refractivity contribution in [2.75, 3.05) is 0 Å². The Morgan fingerprint density at radius 1 is 1.41 bits per heavy atom. The predicted octanol–water partition coefficient (Wildman–Crippen LogP) is 2.26. The van der Waals surface area contributed by atoms with E-state index in [0.29, 0.717) is 17.9 Å². The number of hydrogen-bond acceptors (Lipinski definition) is 3. The molecule has 2 N–H and O–H groups in total. The van der Waals surface area contributed by atoms with E-state index in [1.54, 1.807) is 6.07 Å². The third-order valence-electron chi connectivity index (χ3n) is 2.06. The number of aromatic amines is 1. The van der Waals surface area contributed by atoms with Crippen molar-refractivity contribution in [1.82, 2.24) is 20.5 Å². The Balaban J connectivity index is 2.04. The topological polar surface area (TPSA) is 70.7 Å². The highest BCUT2D eigenvalue weighted by Gasteiger charge is 2.10. The molecule has 5 nitrogen and oxygen atoms in total. The first-order chi connectivity index (χ1) is 8.16. The fourth-order valence-corrected chi connectivity index (χ4v) is 2.48. The molecular weight excluding hydrogens is 352 g/mol. The molecular formula is C10H8Br2N4O. The van der Waals surface area contributed by atoms with Crippen LogP contribution in [0.15, 0.2) is 33.5 Å². The Labute approximate surface area is 114 Å². The molecule has 0 aliphatic rings. The fraction of sp³-hybridized carbons (Fsp3) is 0.100. The molecule has 88 valence electrons. The summed E-state index contributed by atoms with van der Waals surface area (Å²) < 4.78 is 1.65. The monoisotopic (exact) mass is 358 g/mol. The van der Waals surface area contributed by atoms with Crippen molar-refractivity contribution in [2.24, 2.45) is 0 Å². The summed E-state index contributed by atoms with van der Waals surface area (Å²) in [5, 5.41) is 9.12. The van der Waals surface area contributed by atoms with Gasteiger partial charge in [-0.1, -0.05) is 15.9 Å². The molecule has 17 heavy (non-hydrogen) atoms. The summed E-state index contributed by atoms with van der Waals surface area (Å²) in [6, 6.07) is 5.38. The fourth-order valence-electron chi connectivity index (χ4n) is 1.25. The van der Waals surface area contributed by atoms with E-state index in [1.807, 2.05) is 12.1 Å². The van der Waals surface area contributed by atoms with Crippen LogP contribution >= 0.6 is 31.9 Å². The second kappa shape index (κ2) is 5.42. The van der Waals surface area contributed by atoms with Gasteiger partial charge in [0, 0.05) is 8.95 Å². The second-order valence-corrected chi connectivity index (χ2v) is 5.01. The summed E-state index contributed by atoms with van der Waals surface area (Å²) in [6.07, 6.45) is 1.40. The highest BCUT2D eigenvalue weighted by molar-refractivity contribution is 9.11. The third kappa shape index (κ3) is 3.13. The van der Waals surface area contributed by atoms with E-state index < -0.39 is 0 Å². The van der Waals surface area contributed by atoms with Gasteiger partial charge in [0.1, 0.15) is 12.2 Å². The maximum atomic E-state index is 11.9. The maximum Gasteiger partial charge on any atom is 0.252 e. The summed E-state index contributed by atoms with van der Waals surface area (Å²) in [6.45, 7) is 0.321. The normalized spacial score (nSPS) is 10.2. The van der Waals surface area contributed by atoms with Crippen LogP contribution in [0, 0.1) is 0 Å². The van der Waals surface area contributed by atoms with Crippen LogP contribution < -0.4 is 5.32 Å². The number of amides is 1. The first-order valence-electron chi connectivity index (χ1n) is 4.74. The van der Waals surface area contributed by atoms with Gasteiger partial charge in [0.15, 0.2) is 0 Å². The largest absolute Gasteiger partial charge is 0.345 e. The lowest BCUT2D eigenvalue weighted by Crippen LogP contribution is -2.23. The highest BCUT2D eigenvalue weighted by atomic mass is 79.9. The first kappa shape index (κ1) is 12.3. The Hall–Kier alpha value is -1.21. The maximum absolute atomic E-state index is 11.9. The summed E-state index contributed by atoms with van der Waals surface area (Å²) in [4.78, 5) is 15.8. The number of halogens is 2. The molecule has 2 aromatic rings. The van der Waals surface area contributed by atoms with E-state index in [4.69, 9.17) is 0 Å². The number of rotatable bonds is 3. The van der Waals surface area contributed by atoms with Crippen molar-refractivity contribution in [3.63, 3.8) is 0 Å². The van der Waals surface area contributed by atoms with Crippen LogP contribution in [0.5, 0.6) is 0 Å². The van der Waals surface area contributed by atoms with Crippen LogP contribution in [-0.4, -0.2) is 21.1 Å². The molecule has 1 aromatic heterocycles. The summed E-state index contributed by atoms with van der Waals surface area (Å²) >= 11 is 6.67. The Bertz CT molecular complexity index is 527. The summed E-state index contributed by atoms with van der Waals surface area (Å²) in [5.74, 6) is 0.451. The molecule has 0 aliphatic heterocycles. The number of carbonyl (C=O) groups is 1. The van der Waals surface area contributed by atoms with Gasteiger partial charge < -0.3 is 5.32 Å². The smallest absolute Gasteiger partial charge is 0.252 e. The molecule has 0 fully saturated rings. The minimum absolute atomic E-state index is 0.166. The Kier molecular flexibility index (Phi) is 3.90. The van der Waals surface area contributed by atoms with Crippen molar-refractivity contribution in [3.05, 3.63) is 44.9 Å². The SMILES string of the molecule is O=C(NCc1ncn[nH]1)c1ccc(Br)cc1Br. The molecule has 0 spiro atoms. The Morgan fingerprint density at radius 2 is 2.24 bits per heavy atom. The van der Waals surface area contributed by atoms with Gasteiger partial charge in [-0.25, -0.2) is 4.98 Å². The van der Waals surface area contributed by atoms with Crippen molar-refractivity contribution in [3.8, 4) is 0 Å². The standard InChI is InChI=1S/C10H8Br2N4O/c11-6-1-2-7(8(12)3-6)10(17)13-4-9-14-5-15-16-9/h1-3,5H,4H2,(H,13,17)(H,14,15,16). The van der Waals surface area contributed by atoms with Crippen molar-refractivity contribution in [1.29, 1.82) is 0 Å². The van der Waals surface area contributed by atoms with Gasteiger partial charge >= 0.3 is 0 Å². The van der Waals surface area contributed by atoms with Crippen molar-refractivity contribution in [2.45, 2.75) is 6.54 Å². The van der Waals surface area contributed by atoms with Gasteiger partial charge in [-0.3, -0.25) is 9.89 Å². The molecule has 2 rings (SSSR count). The highest BCUT2D eigenvalue weighted by Crippen LogP contribution is 2.21. The molecule has 7 heteroatoms. The van der Waals surface area contributed by atoms with Gasteiger partial charge in [0.05, 0.1) is 12.1 Å². The number of nitrogens with zero attached hydrogens (tertiary/aromatic N) is 2. The second-order valence-electron chi connectivity index (χ2n) is 3.24. The minimum Gasteiger partial charge on any atom is -0.345 e. The van der Waals surface area contributed by atoms with E-state index >= 15 is 0 Å². The Morgan fingerprint density at radius 3 is 2.88 bits per heavy atom. The van der Waals surface area contributed by atoms with Crippen LogP contribution in [0.3, 0.4) is 0 Å². The first-order valence-corrected chi connectivity index (χ1v) is 6.33.